The number of para-hydroxylation sites is 3. The van der Waals surface area contributed by atoms with Gasteiger partial charge in [0.2, 0.25) is 0 Å². The van der Waals surface area contributed by atoms with E-state index < -0.39 is 23.5 Å². The number of rotatable bonds is 51. The van der Waals surface area contributed by atoms with Gasteiger partial charge in [0.15, 0.2) is 0 Å². The molecule has 3 aromatic carbocycles. The standard InChI is InChI=1S/3C22H39O4P.Al/c3*1-3-5-6-7-8-9-10-11-12-13-14-17-20-25-27(23,24)26-22-19-16-15-18-21(22)4-2;/h3*15-16,18-19H,3-14,17,20H2,1-2H3,(H,23,24);/q;;;+3/p-3. The van der Waals surface area contributed by atoms with Crippen molar-refractivity contribution in [2.24, 2.45) is 0 Å². The minimum Gasteiger partial charge on any atom is -0.746 e. The second-order valence-corrected chi connectivity index (χ2v) is 25.7. The smallest absolute Gasteiger partial charge is 0.746 e. The van der Waals surface area contributed by atoms with Gasteiger partial charge in [-0.25, -0.2) is 0 Å². The van der Waals surface area contributed by atoms with E-state index in [1.807, 2.05) is 57.2 Å². The Kier molecular flexibility index (Phi) is 53.1. The fraction of sp³-hybridized carbons (Fsp3) is 0.727. The minimum absolute atomic E-state index is 0. The van der Waals surface area contributed by atoms with Crippen LogP contribution in [0.3, 0.4) is 0 Å². The van der Waals surface area contributed by atoms with Crippen LogP contribution in [0.15, 0.2) is 72.8 Å². The molecule has 3 unspecified atom stereocenters. The summed E-state index contributed by atoms with van der Waals surface area (Å²) in [5.41, 5.74) is 2.59. The molecule has 0 heterocycles. The van der Waals surface area contributed by atoms with Crippen LogP contribution in [0, 0.1) is 0 Å². The quantitative estimate of drug-likeness (QED) is 0.0297. The second-order valence-electron chi connectivity index (χ2n) is 21.7. The van der Waals surface area contributed by atoms with Crippen LogP contribution in [-0.4, -0.2) is 37.2 Å². The van der Waals surface area contributed by atoms with Gasteiger partial charge in [0.25, 0.3) is 0 Å². The summed E-state index contributed by atoms with van der Waals surface area (Å²) in [6.07, 6.45) is 46.8. The van der Waals surface area contributed by atoms with Crippen LogP contribution < -0.4 is 28.3 Å². The predicted molar refractivity (Wildman–Crippen MR) is 339 cm³/mol. The number of phosphoric ester groups is 3. The Morgan fingerprint density at radius 2 is 0.451 bits per heavy atom. The number of unbranched alkanes of at least 4 members (excludes halogenated alkanes) is 33. The first kappa shape index (κ1) is 80.0. The normalized spacial score (nSPS) is 13.3. The van der Waals surface area contributed by atoms with E-state index in [1.54, 1.807) is 36.4 Å². The van der Waals surface area contributed by atoms with E-state index in [-0.39, 0.29) is 37.2 Å². The molecule has 0 radical (unpaired) electrons. The minimum atomic E-state index is -4.29. The Morgan fingerprint density at radius 3 is 0.634 bits per heavy atom. The molecule has 0 aliphatic carbocycles. The van der Waals surface area contributed by atoms with E-state index in [2.05, 4.69) is 20.8 Å². The zero-order valence-corrected chi connectivity index (χ0v) is 56.3. The molecule has 0 spiro atoms. The molecule has 3 aromatic rings. The van der Waals surface area contributed by atoms with Gasteiger partial charge < -0.3 is 41.8 Å². The summed E-state index contributed by atoms with van der Waals surface area (Å²) >= 11 is 0. The maximum Gasteiger partial charge on any atom is 3.00 e. The maximum absolute atomic E-state index is 12.0. The molecule has 82 heavy (non-hydrogen) atoms. The van der Waals surface area contributed by atoms with E-state index >= 15 is 0 Å². The Bertz CT molecular complexity index is 1830. The van der Waals surface area contributed by atoms with Crippen molar-refractivity contribution < 1.29 is 55.5 Å². The number of hydrogen-bond donors (Lipinski definition) is 0. The number of phosphoric acid groups is 3. The summed E-state index contributed by atoms with van der Waals surface area (Å²) in [5, 5.41) is 0. The summed E-state index contributed by atoms with van der Waals surface area (Å²) in [5.74, 6) is 1.11. The molecule has 0 aromatic heterocycles. The monoisotopic (exact) mass is 1220 g/mol. The first-order chi connectivity index (χ1) is 39.3. The third kappa shape index (κ3) is 46.3. The van der Waals surface area contributed by atoms with Gasteiger partial charge in [0.05, 0.1) is 19.8 Å². The van der Waals surface area contributed by atoms with Gasteiger partial charge in [0, 0.05) is 0 Å². The largest absolute Gasteiger partial charge is 3.00 e. The van der Waals surface area contributed by atoms with Gasteiger partial charge in [-0.3, -0.25) is 13.7 Å². The van der Waals surface area contributed by atoms with Crippen molar-refractivity contribution in [2.45, 2.75) is 292 Å². The second kappa shape index (κ2) is 54.4. The molecule has 0 saturated carbocycles. The Hall–Kier alpha value is -1.96. The molecule has 0 N–H and O–H groups in total. The molecule has 468 valence electrons. The Morgan fingerprint density at radius 1 is 0.280 bits per heavy atom. The molecule has 3 atom stereocenters. The van der Waals surface area contributed by atoms with Gasteiger partial charge in [0.1, 0.15) is 17.2 Å². The summed E-state index contributed by atoms with van der Waals surface area (Å²) in [6, 6.07) is 21.5. The number of benzene rings is 3. The molecule has 0 aliphatic heterocycles. The molecule has 0 bridgehead atoms. The zero-order chi connectivity index (χ0) is 59.4. The van der Waals surface area contributed by atoms with Gasteiger partial charge in [-0.05, 0) is 73.4 Å². The third-order valence-corrected chi connectivity index (χ3v) is 17.2. The van der Waals surface area contributed by atoms with Crippen molar-refractivity contribution in [2.75, 3.05) is 19.8 Å². The van der Waals surface area contributed by atoms with Crippen LogP contribution in [0.5, 0.6) is 17.2 Å². The zero-order valence-electron chi connectivity index (χ0n) is 52.4. The number of hydrogen-bond acceptors (Lipinski definition) is 12. The molecule has 0 aliphatic rings. The molecule has 16 heteroatoms. The maximum atomic E-state index is 12.0. The van der Waals surface area contributed by atoms with Crippen LogP contribution in [-0.2, 0) is 46.5 Å². The average molecular weight is 1220 g/mol. The first-order valence-corrected chi connectivity index (χ1v) is 36.8. The van der Waals surface area contributed by atoms with Crippen molar-refractivity contribution >= 4 is 40.8 Å². The van der Waals surface area contributed by atoms with Crippen molar-refractivity contribution in [1.29, 1.82) is 0 Å². The summed E-state index contributed by atoms with van der Waals surface area (Å²) < 4.78 is 66.2. The van der Waals surface area contributed by atoms with Crippen LogP contribution in [0.4, 0.5) is 0 Å². The van der Waals surface area contributed by atoms with Gasteiger partial charge in [-0.15, -0.1) is 0 Å². The van der Waals surface area contributed by atoms with Crippen LogP contribution in [0.25, 0.3) is 0 Å². The van der Waals surface area contributed by atoms with E-state index in [4.69, 9.17) is 27.1 Å². The molecular formula is C66H114AlO12P3. The first-order valence-electron chi connectivity index (χ1n) is 32.5. The molecule has 3 rings (SSSR count). The summed E-state index contributed by atoms with van der Waals surface area (Å²) in [6.45, 7) is 13.2. The summed E-state index contributed by atoms with van der Waals surface area (Å²) in [4.78, 5) is 35.9. The van der Waals surface area contributed by atoms with E-state index in [9.17, 15) is 28.4 Å². The molecule has 12 nitrogen and oxygen atoms in total. The fourth-order valence-corrected chi connectivity index (χ4v) is 11.9. The predicted octanol–water partition coefficient (Wildman–Crippen LogP) is 20.1. The molecule has 0 saturated heterocycles. The summed E-state index contributed by atoms with van der Waals surface area (Å²) in [7, 11) is -12.9. The Balaban J connectivity index is 0.00000119. The Labute approximate surface area is 512 Å². The van der Waals surface area contributed by atoms with Gasteiger partial charge in [-0.2, -0.15) is 0 Å². The van der Waals surface area contributed by atoms with Crippen LogP contribution >= 0.6 is 23.5 Å². The van der Waals surface area contributed by atoms with Gasteiger partial charge >= 0.3 is 40.8 Å². The van der Waals surface area contributed by atoms with E-state index in [1.165, 1.54) is 173 Å². The van der Waals surface area contributed by atoms with Crippen molar-refractivity contribution in [1.82, 2.24) is 0 Å². The fourth-order valence-electron chi connectivity index (χ4n) is 9.45. The van der Waals surface area contributed by atoms with E-state index in [0.29, 0.717) is 17.2 Å². The number of aryl methyl sites for hydroxylation is 3. The van der Waals surface area contributed by atoms with Crippen molar-refractivity contribution in [3.05, 3.63) is 89.5 Å². The van der Waals surface area contributed by atoms with Crippen molar-refractivity contribution in [3.63, 3.8) is 0 Å². The van der Waals surface area contributed by atoms with E-state index in [0.717, 1.165) is 93.7 Å². The van der Waals surface area contributed by atoms with Crippen LogP contribution in [0.1, 0.15) is 289 Å². The van der Waals surface area contributed by atoms with Crippen LogP contribution in [0.2, 0.25) is 0 Å². The average Bonchev–Trinajstić information content (AvgIpc) is 3.46. The van der Waals surface area contributed by atoms with Crippen molar-refractivity contribution in [3.8, 4) is 17.2 Å². The molecule has 0 fully saturated rings. The van der Waals surface area contributed by atoms with Gasteiger partial charge in [-0.1, -0.05) is 308 Å². The SMILES string of the molecule is CCCCCCCCCCCCCCOP(=O)([O-])Oc1ccccc1CC.CCCCCCCCCCCCCCOP(=O)([O-])Oc1ccccc1CC.CCCCCCCCCCCCCCOP(=O)([O-])Oc1ccccc1CC.[Al+3]. The third-order valence-electron chi connectivity index (χ3n) is 14.4. The topological polar surface area (TPSA) is 176 Å². The molecular weight excluding hydrogens is 1100 g/mol. The molecule has 0 amide bonds.